The van der Waals surface area contributed by atoms with Crippen LogP contribution in [0.4, 0.5) is 0 Å². The molecule has 15 heavy (non-hydrogen) atoms. The van der Waals surface area contributed by atoms with Gasteiger partial charge in [0, 0.05) is 0 Å². The number of carbonyl (C=O) groups excluding carboxylic acids is 1. The Bertz CT molecular complexity index is 339. The predicted molar refractivity (Wildman–Crippen MR) is 58.6 cm³/mol. The zero-order chi connectivity index (χ0) is 11.3. The van der Waals surface area contributed by atoms with Crippen LogP contribution in [-0.2, 0) is 4.79 Å². The largest absolute Gasteiger partial charge is 0.497 e. The highest BCUT2D eigenvalue weighted by Crippen LogP contribution is 2.18. The highest BCUT2D eigenvalue weighted by molar-refractivity contribution is 5.78. The fraction of sp³-hybridized carbons (Fsp3) is 0.364. The molecule has 82 valence electrons. The number of methoxy groups -OCH3 is 1. The number of nitrogens with one attached hydrogen (secondary N) is 1. The third-order valence-corrected chi connectivity index (χ3v) is 2.16. The van der Waals surface area contributed by atoms with E-state index in [9.17, 15) is 4.79 Å². The van der Waals surface area contributed by atoms with Gasteiger partial charge in [0.2, 0.25) is 5.91 Å². The second kappa shape index (κ2) is 5.36. The number of benzene rings is 1. The van der Waals surface area contributed by atoms with Gasteiger partial charge in [0.25, 0.3) is 0 Å². The Kier molecular flexibility index (Phi) is 4.12. The van der Waals surface area contributed by atoms with Crippen LogP contribution >= 0.6 is 0 Å². The van der Waals surface area contributed by atoms with E-state index in [4.69, 9.17) is 10.5 Å². The lowest BCUT2D eigenvalue weighted by atomic mass is 10.1. The minimum Gasteiger partial charge on any atom is -0.497 e. The summed E-state index contributed by atoms with van der Waals surface area (Å²) in [6.07, 6.45) is 0. The van der Waals surface area contributed by atoms with E-state index < -0.39 is 0 Å². The van der Waals surface area contributed by atoms with E-state index in [1.807, 2.05) is 31.2 Å². The molecule has 0 aliphatic rings. The zero-order valence-corrected chi connectivity index (χ0v) is 8.99. The first kappa shape index (κ1) is 11.5. The molecule has 4 heteroatoms. The molecule has 4 nitrogen and oxygen atoms in total. The molecule has 0 heterocycles. The molecule has 1 aromatic rings. The van der Waals surface area contributed by atoms with Gasteiger partial charge in [0.1, 0.15) is 5.75 Å². The van der Waals surface area contributed by atoms with Gasteiger partial charge in [-0.15, -0.1) is 0 Å². The van der Waals surface area contributed by atoms with Crippen molar-refractivity contribution in [1.29, 1.82) is 0 Å². The van der Waals surface area contributed by atoms with Gasteiger partial charge in [-0.2, -0.15) is 0 Å². The fourth-order valence-electron chi connectivity index (χ4n) is 1.29. The molecule has 0 spiro atoms. The Balaban J connectivity index is 2.72. The van der Waals surface area contributed by atoms with Crippen molar-refractivity contribution in [1.82, 2.24) is 5.32 Å². The number of hydrogen-bond donors (Lipinski definition) is 2. The summed E-state index contributed by atoms with van der Waals surface area (Å²) < 4.78 is 5.10. The van der Waals surface area contributed by atoms with Crippen molar-refractivity contribution in [2.45, 2.75) is 13.0 Å². The third kappa shape index (κ3) is 3.25. The Morgan fingerprint density at radius 1 is 1.60 bits per heavy atom. The maximum atomic E-state index is 11.1. The third-order valence-electron chi connectivity index (χ3n) is 2.16. The molecule has 0 saturated carbocycles. The smallest absolute Gasteiger partial charge is 0.234 e. The molecule has 1 aromatic carbocycles. The van der Waals surface area contributed by atoms with Crippen LogP contribution in [0.1, 0.15) is 18.5 Å². The Hall–Kier alpha value is -1.55. The maximum absolute atomic E-state index is 11.1. The summed E-state index contributed by atoms with van der Waals surface area (Å²) in [5.74, 6) is 0.617. The molecule has 0 aromatic heterocycles. The molecular weight excluding hydrogens is 192 g/mol. The summed E-state index contributed by atoms with van der Waals surface area (Å²) in [6.45, 7) is 1.91. The van der Waals surface area contributed by atoms with E-state index in [0.717, 1.165) is 11.3 Å². The monoisotopic (exact) mass is 208 g/mol. The Morgan fingerprint density at radius 3 is 2.93 bits per heavy atom. The summed E-state index contributed by atoms with van der Waals surface area (Å²) >= 11 is 0. The average Bonchev–Trinajstić information content (AvgIpc) is 2.28. The minimum atomic E-state index is -0.162. The molecule has 0 saturated heterocycles. The lowest BCUT2D eigenvalue weighted by Crippen LogP contribution is -2.32. The molecule has 0 aliphatic carbocycles. The number of nitrogens with two attached hydrogens (primary N) is 1. The first-order chi connectivity index (χ1) is 7.17. The van der Waals surface area contributed by atoms with E-state index in [2.05, 4.69) is 5.32 Å². The molecule has 0 aliphatic heterocycles. The van der Waals surface area contributed by atoms with Crippen molar-refractivity contribution in [3.8, 4) is 5.75 Å². The molecule has 0 fully saturated rings. The van der Waals surface area contributed by atoms with Gasteiger partial charge in [0.15, 0.2) is 0 Å². The Labute approximate surface area is 89.4 Å². The highest BCUT2D eigenvalue weighted by Gasteiger charge is 2.08. The quantitative estimate of drug-likeness (QED) is 0.770. The van der Waals surface area contributed by atoms with Crippen LogP contribution in [0, 0.1) is 0 Å². The summed E-state index contributed by atoms with van der Waals surface area (Å²) in [7, 11) is 1.61. The van der Waals surface area contributed by atoms with Crippen molar-refractivity contribution in [2.24, 2.45) is 5.73 Å². The topological polar surface area (TPSA) is 64.3 Å². The van der Waals surface area contributed by atoms with Crippen LogP contribution in [0.3, 0.4) is 0 Å². The van der Waals surface area contributed by atoms with Crippen LogP contribution in [0.25, 0.3) is 0 Å². The van der Waals surface area contributed by atoms with Crippen molar-refractivity contribution in [3.63, 3.8) is 0 Å². The molecule has 0 bridgehead atoms. The van der Waals surface area contributed by atoms with Crippen LogP contribution in [-0.4, -0.2) is 19.6 Å². The molecule has 1 rings (SSSR count). The highest BCUT2D eigenvalue weighted by atomic mass is 16.5. The van der Waals surface area contributed by atoms with E-state index in [0.29, 0.717) is 0 Å². The van der Waals surface area contributed by atoms with Gasteiger partial charge in [0.05, 0.1) is 19.7 Å². The standard InChI is InChI=1S/C11H16N2O2/c1-8(13-11(14)7-12)9-4-3-5-10(6-9)15-2/h3-6,8H,7,12H2,1-2H3,(H,13,14)/t8-/m0/s1. The number of amides is 1. The van der Waals surface area contributed by atoms with Crippen molar-refractivity contribution in [2.75, 3.05) is 13.7 Å². The molecule has 0 unspecified atom stereocenters. The second-order valence-corrected chi connectivity index (χ2v) is 3.27. The SMILES string of the molecule is COc1cccc([C@H](C)NC(=O)CN)c1. The average molecular weight is 208 g/mol. The molecule has 3 N–H and O–H groups in total. The Morgan fingerprint density at radius 2 is 2.33 bits per heavy atom. The van der Waals surface area contributed by atoms with Gasteiger partial charge >= 0.3 is 0 Å². The number of carbonyl (C=O) groups is 1. The molecule has 0 radical (unpaired) electrons. The summed E-state index contributed by atoms with van der Waals surface area (Å²) in [4.78, 5) is 11.1. The van der Waals surface area contributed by atoms with Gasteiger partial charge in [-0.05, 0) is 24.6 Å². The fourth-order valence-corrected chi connectivity index (χ4v) is 1.29. The lowest BCUT2D eigenvalue weighted by molar-refractivity contribution is -0.120. The van der Waals surface area contributed by atoms with Gasteiger partial charge in [-0.1, -0.05) is 12.1 Å². The summed E-state index contributed by atoms with van der Waals surface area (Å²) in [5.41, 5.74) is 6.21. The molecule has 1 atom stereocenters. The minimum absolute atomic E-state index is 0.00824. The van der Waals surface area contributed by atoms with Crippen molar-refractivity contribution in [3.05, 3.63) is 29.8 Å². The first-order valence-electron chi connectivity index (χ1n) is 4.80. The van der Waals surface area contributed by atoms with Crippen molar-refractivity contribution >= 4 is 5.91 Å². The van der Waals surface area contributed by atoms with E-state index in [-0.39, 0.29) is 18.5 Å². The zero-order valence-electron chi connectivity index (χ0n) is 8.99. The molecular formula is C11H16N2O2. The maximum Gasteiger partial charge on any atom is 0.234 e. The number of ether oxygens (including phenoxy) is 1. The van der Waals surface area contributed by atoms with Gasteiger partial charge < -0.3 is 15.8 Å². The lowest BCUT2D eigenvalue weighted by Gasteiger charge is -2.14. The summed E-state index contributed by atoms with van der Waals surface area (Å²) in [6, 6.07) is 7.52. The number of hydrogen-bond acceptors (Lipinski definition) is 3. The molecule has 1 amide bonds. The predicted octanol–water partition coefficient (Wildman–Crippen LogP) is 0.831. The van der Waals surface area contributed by atoms with Gasteiger partial charge in [-0.3, -0.25) is 4.79 Å². The summed E-state index contributed by atoms with van der Waals surface area (Å²) in [5, 5.41) is 2.78. The van der Waals surface area contributed by atoms with Crippen LogP contribution < -0.4 is 15.8 Å². The van der Waals surface area contributed by atoms with Crippen LogP contribution in [0.15, 0.2) is 24.3 Å². The first-order valence-corrected chi connectivity index (χ1v) is 4.80. The van der Waals surface area contributed by atoms with Crippen LogP contribution in [0.2, 0.25) is 0 Å². The van der Waals surface area contributed by atoms with Gasteiger partial charge in [-0.25, -0.2) is 0 Å². The van der Waals surface area contributed by atoms with E-state index >= 15 is 0 Å². The van der Waals surface area contributed by atoms with Crippen molar-refractivity contribution < 1.29 is 9.53 Å². The van der Waals surface area contributed by atoms with E-state index in [1.54, 1.807) is 7.11 Å². The van der Waals surface area contributed by atoms with Crippen LogP contribution in [0.5, 0.6) is 5.75 Å². The normalized spacial score (nSPS) is 11.9. The number of rotatable bonds is 4. The van der Waals surface area contributed by atoms with E-state index in [1.165, 1.54) is 0 Å². The second-order valence-electron chi connectivity index (χ2n) is 3.27.